The third kappa shape index (κ3) is 6.06. The summed E-state index contributed by atoms with van der Waals surface area (Å²) in [5, 5.41) is 0. The summed E-state index contributed by atoms with van der Waals surface area (Å²) in [6.45, 7) is 2.07. The maximum absolute atomic E-state index is 13.1. The molecule has 1 nitrogen and oxygen atoms in total. The quantitative estimate of drug-likeness (QED) is 0.451. The maximum atomic E-state index is 13.1. The molecule has 0 N–H and O–H groups in total. The third-order valence-corrected chi connectivity index (χ3v) is 2.89. The van der Waals surface area contributed by atoms with Crippen LogP contribution in [0, 0.1) is 12.2 Å². The first-order chi connectivity index (χ1) is 9.28. The number of ether oxygens (including phenoxy) is 1. The van der Waals surface area contributed by atoms with Crippen molar-refractivity contribution in [3.63, 3.8) is 0 Å². The van der Waals surface area contributed by atoms with Crippen LogP contribution in [0.1, 0.15) is 25.3 Å². The predicted octanol–water partition coefficient (Wildman–Crippen LogP) is 2.17. The largest absolute Gasteiger partial charge is 1.00 e. The molecule has 0 saturated carbocycles. The van der Waals surface area contributed by atoms with Crippen molar-refractivity contribution in [3.8, 4) is 11.5 Å². The molecular weight excluding hydrogens is 278 g/mol. The fourth-order valence-electron chi connectivity index (χ4n) is 1.94. The van der Waals surface area contributed by atoms with Crippen molar-refractivity contribution >= 4 is 0 Å². The molecule has 3 heteroatoms. The summed E-state index contributed by atoms with van der Waals surface area (Å²) < 4.78 is 18.7. The van der Waals surface area contributed by atoms with E-state index in [0.29, 0.717) is 5.75 Å². The van der Waals surface area contributed by atoms with Crippen molar-refractivity contribution in [2.45, 2.75) is 26.2 Å². The van der Waals surface area contributed by atoms with Crippen molar-refractivity contribution < 1.29 is 60.5 Å². The first-order valence-corrected chi connectivity index (χ1v) is 6.58. The third-order valence-electron chi connectivity index (χ3n) is 2.89. The number of unbranched alkanes of at least 4 members (excludes halogenated alkanes) is 2. The van der Waals surface area contributed by atoms with Gasteiger partial charge in [-0.05, 0) is 36.2 Å². The van der Waals surface area contributed by atoms with Crippen LogP contribution < -0.4 is 56.1 Å². The molecule has 0 aliphatic heterocycles. The number of hydrogen-bond donors (Lipinski definition) is 0. The monoisotopic (exact) mass is 296 g/mol. The molecule has 0 bridgehead atoms. The van der Waals surface area contributed by atoms with Crippen LogP contribution in [-0.4, -0.2) is 0 Å². The van der Waals surface area contributed by atoms with Gasteiger partial charge in [-0.25, -0.2) is 4.39 Å². The number of rotatable bonds is 6. The Morgan fingerprint density at radius 3 is 2.45 bits per heavy atom. The van der Waals surface area contributed by atoms with E-state index in [9.17, 15) is 4.39 Å². The fourth-order valence-corrected chi connectivity index (χ4v) is 1.94. The van der Waals surface area contributed by atoms with Crippen molar-refractivity contribution in [2.75, 3.05) is 0 Å². The SMILES string of the molecule is C[CH-]CCCc1cccc(Oc2cccc(F)c2)c1.[K+]. The summed E-state index contributed by atoms with van der Waals surface area (Å²) in [6, 6.07) is 14.2. The second kappa shape index (κ2) is 9.69. The Balaban J connectivity index is 0.00000200. The first kappa shape index (κ1) is 17.9. The average Bonchev–Trinajstić information content (AvgIpc) is 2.39. The van der Waals surface area contributed by atoms with Gasteiger partial charge in [0.15, 0.2) is 0 Å². The first-order valence-electron chi connectivity index (χ1n) is 6.58. The average molecular weight is 296 g/mol. The maximum Gasteiger partial charge on any atom is 1.00 e. The Labute approximate surface area is 163 Å². The standard InChI is InChI=1S/C17H18FO.K/c1-2-3-4-7-14-8-5-10-16(12-14)19-17-11-6-9-15(18)13-17;/h2,5-6,8-13H,3-4,7H2,1H3;/q-1;+1. The Morgan fingerprint density at radius 2 is 1.75 bits per heavy atom. The van der Waals surface area contributed by atoms with E-state index in [1.54, 1.807) is 12.1 Å². The van der Waals surface area contributed by atoms with E-state index in [2.05, 4.69) is 19.4 Å². The fraction of sp³-hybridized carbons (Fsp3) is 0.235. The number of halogens is 1. The van der Waals surface area contributed by atoms with Crippen LogP contribution >= 0.6 is 0 Å². The molecule has 0 atom stereocenters. The normalized spacial score (nSPS) is 9.90. The smallest absolute Gasteiger partial charge is 0.457 e. The molecule has 0 amide bonds. The summed E-state index contributed by atoms with van der Waals surface area (Å²) in [4.78, 5) is 0. The molecule has 100 valence electrons. The van der Waals surface area contributed by atoms with Gasteiger partial charge < -0.3 is 11.2 Å². The topological polar surface area (TPSA) is 9.23 Å². The zero-order valence-corrected chi connectivity index (χ0v) is 15.2. The summed E-state index contributed by atoms with van der Waals surface area (Å²) in [7, 11) is 0. The zero-order valence-electron chi connectivity index (χ0n) is 12.1. The summed E-state index contributed by atoms with van der Waals surface area (Å²) in [5.41, 5.74) is 1.25. The van der Waals surface area contributed by atoms with Gasteiger partial charge in [0.2, 0.25) is 0 Å². The van der Waals surface area contributed by atoms with E-state index in [1.807, 2.05) is 18.2 Å². The molecule has 2 rings (SSSR count). The van der Waals surface area contributed by atoms with Crippen LogP contribution in [0.5, 0.6) is 11.5 Å². The summed E-state index contributed by atoms with van der Waals surface area (Å²) >= 11 is 0. The van der Waals surface area contributed by atoms with Gasteiger partial charge >= 0.3 is 51.4 Å². The number of hydrogen-bond acceptors (Lipinski definition) is 1. The summed E-state index contributed by atoms with van der Waals surface area (Å²) in [6.07, 6.45) is 5.46. The van der Waals surface area contributed by atoms with E-state index in [0.717, 1.165) is 25.0 Å². The molecule has 0 spiro atoms. The van der Waals surface area contributed by atoms with Crippen molar-refractivity contribution in [1.82, 2.24) is 0 Å². The molecule has 0 radical (unpaired) electrons. The van der Waals surface area contributed by atoms with Crippen molar-refractivity contribution in [2.24, 2.45) is 0 Å². The second-order valence-electron chi connectivity index (χ2n) is 4.51. The minimum atomic E-state index is -0.285. The zero-order chi connectivity index (χ0) is 13.5. The predicted molar refractivity (Wildman–Crippen MR) is 75.8 cm³/mol. The Kier molecular flexibility index (Phi) is 8.65. The van der Waals surface area contributed by atoms with Crippen LogP contribution in [0.15, 0.2) is 48.5 Å². The van der Waals surface area contributed by atoms with E-state index >= 15 is 0 Å². The molecule has 0 aromatic heterocycles. The van der Waals surface area contributed by atoms with Crippen molar-refractivity contribution in [3.05, 3.63) is 66.3 Å². The minimum Gasteiger partial charge on any atom is -0.457 e. The van der Waals surface area contributed by atoms with E-state index in [4.69, 9.17) is 4.74 Å². The molecule has 2 aromatic carbocycles. The molecule has 0 aliphatic rings. The van der Waals surface area contributed by atoms with Crippen LogP contribution in [0.25, 0.3) is 0 Å². The molecule has 0 unspecified atom stereocenters. The van der Waals surface area contributed by atoms with Crippen LogP contribution in [0.3, 0.4) is 0 Å². The van der Waals surface area contributed by atoms with Gasteiger partial charge in [0.25, 0.3) is 0 Å². The van der Waals surface area contributed by atoms with E-state index in [1.165, 1.54) is 17.7 Å². The van der Waals surface area contributed by atoms with Gasteiger partial charge in [0.05, 0.1) is 0 Å². The van der Waals surface area contributed by atoms with Crippen molar-refractivity contribution in [1.29, 1.82) is 0 Å². The summed E-state index contributed by atoms with van der Waals surface area (Å²) in [5.74, 6) is 0.995. The molecule has 2 aromatic rings. The number of aryl methyl sites for hydroxylation is 1. The van der Waals surface area contributed by atoms with Gasteiger partial charge in [0.1, 0.15) is 17.3 Å². The molecular formula is C17H18FKO. The van der Waals surface area contributed by atoms with Crippen LogP contribution in [-0.2, 0) is 6.42 Å². The molecule has 0 aliphatic carbocycles. The van der Waals surface area contributed by atoms with Crippen LogP contribution in [0.4, 0.5) is 4.39 Å². The van der Waals surface area contributed by atoms with Gasteiger partial charge in [-0.1, -0.05) is 24.6 Å². The Morgan fingerprint density at radius 1 is 1.05 bits per heavy atom. The van der Waals surface area contributed by atoms with Gasteiger partial charge in [-0.15, -0.1) is 0 Å². The molecule has 0 fully saturated rings. The Bertz CT molecular complexity index is 528. The Hall–Kier alpha value is -0.194. The second-order valence-corrected chi connectivity index (χ2v) is 4.51. The van der Waals surface area contributed by atoms with Gasteiger partial charge in [-0.2, -0.15) is 13.3 Å². The van der Waals surface area contributed by atoms with Crippen LogP contribution in [0.2, 0.25) is 0 Å². The van der Waals surface area contributed by atoms with Gasteiger partial charge in [0, 0.05) is 6.07 Å². The van der Waals surface area contributed by atoms with E-state index < -0.39 is 0 Å². The molecule has 20 heavy (non-hydrogen) atoms. The minimum absolute atomic E-state index is 0. The number of benzene rings is 2. The van der Waals surface area contributed by atoms with Gasteiger partial charge in [-0.3, -0.25) is 0 Å². The molecule has 0 saturated heterocycles. The van der Waals surface area contributed by atoms with E-state index in [-0.39, 0.29) is 57.2 Å². The molecule has 0 heterocycles.